The summed E-state index contributed by atoms with van der Waals surface area (Å²) in [6, 6.07) is 1.67. The molecule has 1 rings (SSSR count). The number of primary amides is 1. The van der Waals surface area contributed by atoms with Crippen LogP contribution in [0.3, 0.4) is 0 Å². The number of ether oxygens (including phenoxy) is 1. The fourth-order valence-corrected chi connectivity index (χ4v) is 1.21. The third kappa shape index (κ3) is 2.42. The van der Waals surface area contributed by atoms with Crippen LogP contribution in [0, 0.1) is 12.3 Å². The Hall–Kier alpha value is -2.22. The van der Waals surface area contributed by atoms with E-state index in [1.807, 2.05) is 7.05 Å². The summed E-state index contributed by atoms with van der Waals surface area (Å²) in [6.07, 6.45) is 6.73. The molecule has 0 atom stereocenters. The Bertz CT molecular complexity index is 437. The molecule has 0 aliphatic rings. The molecular formula is C11H13N3O2. The molecule has 84 valence electrons. The van der Waals surface area contributed by atoms with Crippen LogP contribution in [0.2, 0.25) is 0 Å². The number of terminal acetylenes is 1. The highest BCUT2D eigenvalue weighted by Gasteiger charge is 2.12. The summed E-state index contributed by atoms with van der Waals surface area (Å²) in [7, 11) is 3.27. The van der Waals surface area contributed by atoms with Gasteiger partial charge in [-0.05, 0) is 0 Å². The molecule has 0 saturated heterocycles. The highest BCUT2D eigenvalue weighted by atomic mass is 16.5. The van der Waals surface area contributed by atoms with Gasteiger partial charge in [0, 0.05) is 13.1 Å². The summed E-state index contributed by atoms with van der Waals surface area (Å²) in [5.74, 6) is 2.23. The summed E-state index contributed by atoms with van der Waals surface area (Å²) in [4.78, 5) is 16.8. The van der Waals surface area contributed by atoms with E-state index in [0.29, 0.717) is 12.3 Å². The lowest BCUT2D eigenvalue weighted by molar-refractivity contribution is 0.0992. The van der Waals surface area contributed by atoms with Crippen molar-refractivity contribution in [1.82, 2.24) is 4.98 Å². The van der Waals surface area contributed by atoms with Gasteiger partial charge in [0.1, 0.15) is 0 Å². The zero-order chi connectivity index (χ0) is 12.1. The first-order valence-corrected chi connectivity index (χ1v) is 4.58. The molecule has 0 unspecified atom stereocenters. The molecule has 0 bridgehead atoms. The molecule has 0 fully saturated rings. The lowest BCUT2D eigenvalue weighted by Gasteiger charge is -2.16. The second-order valence-electron chi connectivity index (χ2n) is 3.17. The largest absolute Gasteiger partial charge is 0.494 e. The number of aromatic nitrogens is 1. The molecular weight excluding hydrogens is 206 g/mol. The lowest BCUT2D eigenvalue weighted by atomic mass is 10.2. The molecule has 0 aromatic carbocycles. The van der Waals surface area contributed by atoms with Crippen molar-refractivity contribution in [3.05, 3.63) is 18.0 Å². The number of hydrogen-bond acceptors (Lipinski definition) is 4. The SMILES string of the molecule is C#CCN(C)c1cnc(C(N)=O)c(OC)c1. The van der Waals surface area contributed by atoms with Crippen molar-refractivity contribution < 1.29 is 9.53 Å². The number of nitrogens with zero attached hydrogens (tertiary/aromatic N) is 2. The first-order valence-electron chi connectivity index (χ1n) is 4.58. The number of methoxy groups -OCH3 is 1. The maximum atomic E-state index is 11.0. The minimum atomic E-state index is -0.622. The third-order valence-electron chi connectivity index (χ3n) is 2.06. The zero-order valence-electron chi connectivity index (χ0n) is 9.23. The lowest BCUT2D eigenvalue weighted by Crippen LogP contribution is -2.19. The topological polar surface area (TPSA) is 68.5 Å². The molecule has 2 N–H and O–H groups in total. The Morgan fingerprint density at radius 2 is 2.44 bits per heavy atom. The maximum absolute atomic E-state index is 11.0. The van der Waals surface area contributed by atoms with Crippen LogP contribution >= 0.6 is 0 Å². The molecule has 0 aliphatic carbocycles. The number of hydrogen-bond donors (Lipinski definition) is 1. The van der Waals surface area contributed by atoms with Crippen LogP contribution in [0.4, 0.5) is 5.69 Å². The predicted molar refractivity (Wildman–Crippen MR) is 61.4 cm³/mol. The number of nitrogens with two attached hydrogens (primary N) is 1. The molecule has 0 saturated carbocycles. The highest BCUT2D eigenvalue weighted by molar-refractivity contribution is 5.93. The van der Waals surface area contributed by atoms with E-state index in [2.05, 4.69) is 10.9 Å². The van der Waals surface area contributed by atoms with Crippen molar-refractivity contribution >= 4 is 11.6 Å². The monoisotopic (exact) mass is 219 g/mol. The minimum Gasteiger partial charge on any atom is -0.494 e. The smallest absolute Gasteiger partial charge is 0.271 e. The van der Waals surface area contributed by atoms with Crippen LogP contribution in [0.5, 0.6) is 5.75 Å². The van der Waals surface area contributed by atoms with E-state index in [1.54, 1.807) is 11.0 Å². The summed E-state index contributed by atoms with van der Waals surface area (Å²) >= 11 is 0. The molecule has 1 aromatic rings. The zero-order valence-corrected chi connectivity index (χ0v) is 9.23. The van der Waals surface area contributed by atoms with Gasteiger partial charge in [0.2, 0.25) is 0 Å². The normalized spacial score (nSPS) is 9.31. The van der Waals surface area contributed by atoms with Crippen LogP contribution in [0.25, 0.3) is 0 Å². The Labute approximate surface area is 94.2 Å². The molecule has 0 radical (unpaired) electrons. The van der Waals surface area contributed by atoms with Crippen LogP contribution in [0.1, 0.15) is 10.5 Å². The first-order chi connectivity index (χ1) is 7.60. The summed E-state index contributed by atoms with van der Waals surface area (Å²) in [6.45, 7) is 0.445. The predicted octanol–water partition coefficient (Wildman–Crippen LogP) is 0.259. The Morgan fingerprint density at radius 3 is 2.94 bits per heavy atom. The van der Waals surface area contributed by atoms with E-state index in [1.165, 1.54) is 13.3 Å². The van der Waals surface area contributed by atoms with Gasteiger partial charge in [-0.15, -0.1) is 6.42 Å². The second kappa shape index (κ2) is 5.03. The van der Waals surface area contributed by atoms with E-state index >= 15 is 0 Å². The third-order valence-corrected chi connectivity index (χ3v) is 2.06. The van der Waals surface area contributed by atoms with E-state index in [0.717, 1.165) is 5.69 Å². The van der Waals surface area contributed by atoms with E-state index in [-0.39, 0.29) is 5.69 Å². The number of amides is 1. The fourth-order valence-electron chi connectivity index (χ4n) is 1.21. The van der Waals surface area contributed by atoms with Gasteiger partial charge in [0.05, 0.1) is 25.5 Å². The quantitative estimate of drug-likeness (QED) is 0.737. The molecule has 1 heterocycles. The van der Waals surface area contributed by atoms with Crippen molar-refractivity contribution in [2.24, 2.45) is 5.73 Å². The van der Waals surface area contributed by atoms with Crippen LogP contribution in [-0.4, -0.2) is 31.6 Å². The molecule has 1 amide bonds. The summed E-state index contributed by atoms with van der Waals surface area (Å²) in [5.41, 5.74) is 6.02. The summed E-state index contributed by atoms with van der Waals surface area (Å²) < 4.78 is 5.03. The molecule has 1 aromatic heterocycles. The van der Waals surface area contributed by atoms with Gasteiger partial charge in [-0.2, -0.15) is 0 Å². The van der Waals surface area contributed by atoms with Crippen molar-refractivity contribution in [2.75, 3.05) is 25.6 Å². The van der Waals surface area contributed by atoms with Gasteiger partial charge in [0.25, 0.3) is 5.91 Å². The van der Waals surface area contributed by atoms with Crippen molar-refractivity contribution in [3.63, 3.8) is 0 Å². The van der Waals surface area contributed by atoms with Gasteiger partial charge in [0.15, 0.2) is 11.4 Å². The standard InChI is InChI=1S/C11H13N3O2/c1-4-5-14(2)8-6-9(16-3)10(11(12)15)13-7-8/h1,6-7H,5H2,2-3H3,(H2,12,15). The second-order valence-corrected chi connectivity index (χ2v) is 3.17. The average Bonchev–Trinajstić information content (AvgIpc) is 2.28. The number of anilines is 1. The molecule has 5 heteroatoms. The van der Waals surface area contributed by atoms with Gasteiger partial charge in [-0.1, -0.05) is 5.92 Å². The number of carbonyl (C=O) groups is 1. The van der Waals surface area contributed by atoms with Gasteiger partial charge < -0.3 is 15.4 Å². The van der Waals surface area contributed by atoms with Crippen molar-refractivity contribution in [3.8, 4) is 18.1 Å². The Morgan fingerprint density at radius 1 is 1.75 bits per heavy atom. The highest BCUT2D eigenvalue weighted by Crippen LogP contribution is 2.22. The number of pyridine rings is 1. The van der Waals surface area contributed by atoms with Crippen LogP contribution in [0.15, 0.2) is 12.3 Å². The molecule has 0 aliphatic heterocycles. The van der Waals surface area contributed by atoms with Gasteiger partial charge in [-0.3, -0.25) is 4.79 Å². The van der Waals surface area contributed by atoms with E-state index in [9.17, 15) is 4.79 Å². The Balaban J connectivity index is 3.09. The van der Waals surface area contributed by atoms with Crippen LogP contribution < -0.4 is 15.4 Å². The number of carbonyl (C=O) groups excluding carboxylic acids is 1. The molecule has 16 heavy (non-hydrogen) atoms. The van der Waals surface area contributed by atoms with Crippen molar-refractivity contribution in [1.29, 1.82) is 0 Å². The first kappa shape index (κ1) is 11.9. The average molecular weight is 219 g/mol. The molecule has 0 spiro atoms. The Kier molecular flexibility index (Phi) is 3.72. The van der Waals surface area contributed by atoms with E-state index in [4.69, 9.17) is 16.9 Å². The van der Waals surface area contributed by atoms with E-state index < -0.39 is 5.91 Å². The minimum absolute atomic E-state index is 0.111. The molecule has 5 nitrogen and oxygen atoms in total. The van der Waals surface area contributed by atoms with Gasteiger partial charge in [-0.25, -0.2) is 4.98 Å². The van der Waals surface area contributed by atoms with Gasteiger partial charge >= 0.3 is 0 Å². The van der Waals surface area contributed by atoms with Crippen molar-refractivity contribution in [2.45, 2.75) is 0 Å². The van der Waals surface area contributed by atoms with Crippen LogP contribution in [-0.2, 0) is 0 Å². The maximum Gasteiger partial charge on any atom is 0.271 e. The number of rotatable bonds is 4. The fraction of sp³-hybridized carbons (Fsp3) is 0.273. The summed E-state index contributed by atoms with van der Waals surface area (Å²) in [5, 5.41) is 0.